The lowest BCUT2D eigenvalue weighted by Gasteiger charge is -2.38. The molecule has 0 fully saturated rings. The van der Waals surface area contributed by atoms with Gasteiger partial charge in [-0.2, -0.15) is 0 Å². The monoisotopic (exact) mass is 607 g/mol. The number of carbonyl (C=O) groups is 1. The van der Waals surface area contributed by atoms with Crippen molar-refractivity contribution in [1.82, 2.24) is 4.72 Å². The summed E-state index contributed by atoms with van der Waals surface area (Å²) >= 11 is 0. The molecule has 0 spiro atoms. The SMILES string of the molecule is CC(C)=CCC/C(C)=C/CC/C(C)=C/CC[C@]1(C)CCc2c(C)c(OC(=O)NS(=O)(=O)c3ccccc3)c(C)c(C)c2O1. The zero-order valence-corrected chi connectivity index (χ0v) is 28.0. The van der Waals surface area contributed by atoms with Crippen molar-refractivity contribution < 1.29 is 22.7 Å². The van der Waals surface area contributed by atoms with Gasteiger partial charge in [-0.15, -0.1) is 0 Å². The Labute approximate surface area is 259 Å². The van der Waals surface area contributed by atoms with E-state index in [1.807, 2.05) is 25.5 Å². The molecule has 0 aromatic heterocycles. The van der Waals surface area contributed by atoms with Gasteiger partial charge in [0.1, 0.15) is 17.1 Å². The first-order valence-electron chi connectivity index (χ1n) is 15.3. The largest absolute Gasteiger partial charge is 0.487 e. The number of sulfonamides is 1. The molecule has 1 heterocycles. The van der Waals surface area contributed by atoms with E-state index in [0.717, 1.165) is 79.4 Å². The first kappa shape index (κ1) is 34.2. The molecule has 1 N–H and O–H groups in total. The second-order valence-corrected chi connectivity index (χ2v) is 14.1. The van der Waals surface area contributed by atoms with Gasteiger partial charge in [0.15, 0.2) is 0 Å². The molecule has 234 valence electrons. The number of allylic oxidation sites excluding steroid dienone is 6. The van der Waals surface area contributed by atoms with Crippen molar-refractivity contribution in [1.29, 1.82) is 0 Å². The van der Waals surface area contributed by atoms with E-state index in [0.29, 0.717) is 5.75 Å². The average molecular weight is 608 g/mol. The van der Waals surface area contributed by atoms with Crippen LogP contribution < -0.4 is 14.2 Å². The Kier molecular flexibility index (Phi) is 11.9. The van der Waals surface area contributed by atoms with E-state index in [9.17, 15) is 13.2 Å². The van der Waals surface area contributed by atoms with Gasteiger partial charge in [-0.25, -0.2) is 17.9 Å². The van der Waals surface area contributed by atoms with Crippen LogP contribution in [0.25, 0.3) is 0 Å². The van der Waals surface area contributed by atoms with Gasteiger partial charge in [0.05, 0.1) is 4.90 Å². The molecular formula is C36H49NO5S. The van der Waals surface area contributed by atoms with Crippen LogP contribution in [0.5, 0.6) is 11.5 Å². The minimum Gasteiger partial charge on any atom is -0.487 e. The van der Waals surface area contributed by atoms with Crippen molar-refractivity contribution in [3.63, 3.8) is 0 Å². The second kappa shape index (κ2) is 14.9. The minimum absolute atomic E-state index is 0.00241. The van der Waals surface area contributed by atoms with E-state index < -0.39 is 16.1 Å². The van der Waals surface area contributed by atoms with E-state index in [-0.39, 0.29) is 10.5 Å². The normalized spacial score (nSPS) is 17.1. The van der Waals surface area contributed by atoms with Crippen molar-refractivity contribution in [2.45, 2.75) is 117 Å². The lowest BCUT2D eigenvalue weighted by molar-refractivity contribution is 0.0558. The Morgan fingerprint density at radius 3 is 2.14 bits per heavy atom. The van der Waals surface area contributed by atoms with Gasteiger partial charge < -0.3 is 9.47 Å². The van der Waals surface area contributed by atoms with Gasteiger partial charge in [-0.05, 0) is 136 Å². The van der Waals surface area contributed by atoms with Crippen molar-refractivity contribution >= 4 is 16.1 Å². The number of hydrogen-bond donors (Lipinski definition) is 1. The molecule has 7 heteroatoms. The fourth-order valence-electron chi connectivity index (χ4n) is 5.46. The zero-order valence-electron chi connectivity index (χ0n) is 27.2. The Balaban J connectivity index is 1.62. The summed E-state index contributed by atoms with van der Waals surface area (Å²) in [6.45, 7) is 16.6. The number of rotatable bonds is 12. The molecule has 0 radical (unpaired) electrons. The van der Waals surface area contributed by atoms with E-state index in [2.05, 4.69) is 52.8 Å². The molecule has 43 heavy (non-hydrogen) atoms. The van der Waals surface area contributed by atoms with Crippen LogP contribution in [-0.2, 0) is 16.4 Å². The molecule has 1 aliphatic heterocycles. The molecule has 0 saturated heterocycles. The lowest BCUT2D eigenvalue weighted by atomic mass is 9.85. The molecule has 2 aromatic carbocycles. The highest BCUT2D eigenvalue weighted by atomic mass is 32.2. The van der Waals surface area contributed by atoms with Crippen molar-refractivity contribution in [3.8, 4) is 11.5 Å². The van der Waals surface area contributed by atoms with Crippen LogP contribution in [0.3, 0.4) is 0 Å². The molecule has 6 nitrogen and oxygen atoms in total. The second-order valence-electron chi connectivity index (χ2n) is 12.4. The number of ether oxygens (including phenoxy) is 2. The Hall–Kier alpha value is -3.32. The maximum Gasteiger partial charge on any atom is 0.426 e. The molecule has 1 amide bonds. The van der Waals surface area contributed by atoms with Crippen LogP contribution in [0.15, 0.2) is 70.2 Å². The van der Waals surface area contributed by atoms with E-state index in [1.54, 1.807) is 18.2 Å². The quantitative estimate of drug-likeness (QED) is 0.243. The summed E-state index contributed by atoms with van der Waals surface area (Å²) < 4.78 is 39.5. The average Bonchev–Trinajstić information content (AvgIpc) is 2.94. The molecule has 0 saturated carbocycles. The molecule has 1 atom stereocenters. The summed E-state index contributed by atoms with van der Waals surface area (Å²) in [7, 11) is -4.04. The van der Waals surface area contributed by atoms with Crippen LogP contribution in [0.4, 0.5) is 4.79 Å². The number of amides is 1. The smallest absolute Gasteiger partial charge is 0.426 e. The van der Waals surface area contributed by atoms with Gasteiger partial charge >= 0.3 is 6.09 Å². The Morgan fingerprint density at radius 2 is 1.51 bits per heavy atom. The molecule has 0 unspecified atom stereocenters. The summed E-state index contributed by atoms with van der Waals surface area (Å²) in [5.41, 5.74) is 7.41. The van der Waals surface area contributed by atoms with Crippen molar-refractivity contribution in [2.24, 2.45) is 0 Å². The highest BCUT2D eigenvalue weighted by Gasteiger charge is 2.34. The van der Waals surface area contributed by atoms with Crippen LogP contribution in [0, 0.1) is 20.8 Å². The predicted molar refractivity (Wildman–Crippen MR) is 175 cm³/mol. The fraction of sp³-hybridized carbons (Fsp3) is 0.472. The van der Waals surface area contributed by atoms with Crippen LogP contribution in [0.2, 0.25) is 0 Å². The summed E-state index contributed by atoms with van der Waals surface area (Å²) in [5, 5.41) is 0. The lowest BCUT2D eigenvalue weighted by Crippen LogP contribution is -2.37. The van der Waals surface area contributed by atoms with E-state index in [1.165, 1.54) is 28.9 Å². The van der Waals surface area contributed by atoms with E-state index in [4.69, 9.17) is 9.47 Å². The topological polar surface area (TPSA) is 81.7 Å². The maximum absolute atomic E-state index is 12.7. The third-order valence-electron chi connectivity index (χ3n) is 8.32. The standard InChI is InChI=1S/C36H49NO5S/c1-25(2)15-12-16-26(3)17-13-18-27(4)19-14-23-36(8)24-22-32-30(7)33(28(5)29(6)34(32)42-36)41-35(38)37-43(39,40)31-20-10-9-11-21-31/h9-11,15,17,19-21H,12-14,16,18,22-24H2,1-8H3,(H,37,38)/b26-17+,27-19+/t36-/m1/s1. The van der Waals surface area contributed by atoms with Gasteiger partial charge in [-0.1, -0.05) is 53.1 Å². The number of nitrogens with one attached hydrogen (secondary N) is 1. The minimum atomic E-state index is -4.04. The number of hydrogen-bond acceptors (Lipinski definition) is 5. The first-order chi connectivity index (χ1) is 20.2. The van der Waals surface area contributed by atoms with Gasteiger partial charge in [0.25, 0.3) is 10.0 Å². The number of fused-ring (bicyclic) bond motifs is 1. The third-order valence-corrected chi connectivity index (χ3v) is 9.65. The molecule has 2 aromatic rings. The predicted octanol–water partition coefficient (Wildman–Crippen LogP) is 9.37. The Morgan fingerprint density at radius 1 is 0.907 bits per heavy atom. The summed E-state index contributed by atoms with van der Waals surface area (Å²) in [6, 6.07) is 7.75. The first-order valence-corrected chi connectivity index (χ1v) is 16.8. The summed E-state index contributed by atoms with van der Waals surface area (Å²) in [4.78, 5) is 12.7. The zero-order chi connectivity index (χ0) is 31.8. The maximum atomic E-state index is 12.7. The summed E-state index contributed by atoms with van der Waals surface area (Å²) in [6.07, 6.45) is 13.9. The molecule has 3 rings (SSSR count). The van der Waals surface area contributed by atoms with Gasteiger partial charge in [-0.3, -0.25) is 0 Å². The number of benzene rings is 2. The van der Waals surface area contributed by atoms with Crippen LogP contribution in [-0.4, -0.2) is 20.1 Å². The fourth-order valence-corrected chi connectivity index (χ4v) is 6.35. The summed E-state index contributed by atoms with van der Waals surface area (Å²) in [5.74, 6) is 1.23. The third kappa shape index (κ3) is 9.59. The van der Waals surface area contributed by atoms with Gasteiger partial charge in [0, 0.05) is 5.56 Å². The van der Waals surface area contributed by atoms with Gasteiger partial charge in [0.2, 0.25) is 0 Å². The highest BCUT2D eigenvalue weighted by Crippen LogP contribution is 2.45. The molecule has 1 aliphatic rings. The van der Waals surface area contributed by atoms with E-state index >= 15 is 0 Å². The number of carbonyl (C=O) groups excluding carboxylic acids is 1. The highest BCUT2D eigenvalue weighted by molar-refractivity contribution is 7.90. The Bertz CT molecular complexity index is 1500. The van der Waals surface area contributed by atoms with Crippen LogP contribution in [0.1, 0.15) is 102 Å². The molecule has 0 aliphatic carbocycles. The van der Waals surface area contributed by atoms with Crippen LogP contribution >= 0.6 is 0 Å². The molecular weight excluding hydrogens is 558 g/mol. The van der Waals surface area contributed by atoms with Crippen molar-refractivity contribution in [3.05, 3.63) is 87.5 Å². The molecule has 0 bridgehead atoms. The van der Waals surface area contributed by atoms with Crippen molar-refractivity contribution in [2.75, 3.05) is 0 Å².